The van der Waals surface area contributed by atoms with E-state index in [1.807, 2.05) is 18.4 Å². The molecule has 0 saturated heterocycles. The third-order valence-corrected chi connectivity index (χ3v) is 4.20. The van der Waals surface area contributed by atoms with Crippen LogP contribution in [0, 0.1) is 0 Å². The van der Waals surface area contributed by atoms with Gasteiger partial charge in [-0.25, -0.2) is 4.98 Å². The van der Waals surface area contributed by atoms with Gasteiger partial charge in [-0.1, -0.05) is 11.8 Å². The van der Waals surface area contributed by atoms with Crippen LogP contribution in [-0.2, 0) is 11.3 Å². The molecule has 0 saturated carbocycles. The van der Waals surface area contributed by atoms with Crippen LogP contribution in [0.2, 0.25) is 0 Å². The zero-order valence-electron chi connectivity index (χ0n) is 9.80. The van der Waals surface area contributed by atoms with Gasteiger partial charge in [0, 0.05) is 19.4 Å². The van der Waals surface area contributed by atoms with Crippen molar-refractivity contribution in [1.82, 2.24) is 9.55 Å². The highest BCUT2D eigenvalue weighted by Gasteiger charge is 2.10. The molecular formula is C11H14N2O2S2. The predicted molar refractivity (Wildman–Crippen MR) is 72.2 cm³/mol. The summed E-state index contributed by atoms with van der Waals surface area (Å²) in [7, 11) is 1.67. The molecule has 0 fully saturated rings. The zero-order valence-corrected chi connectivity index (χ0v) is 11.4. The summed E-state index contributed by atoms with van der Waals surface area (Å²) >= 11 is 3.01. The van der Waals surface area contributed by atoms with Gasteiger partial charge in [0.1, 0.15) is 4.70 Å². The van der Waals surface area contributed by atoms with E-state index in [1.54, 1.807) is 23.4 Å². The highest BCUT2D eigenvalue weighted by atomic mass is 32.2. The van der Waals surface area contributed by atoms with Gasteiger partial charge in [-0.2, -0.15) is 0 Å². The van der Waals surface area contributed by atoms with E-state index in [0.29, 0.717) is 13.2 Å². The summed E-state index contributed by atoms with van der Waals surface area (Å²) in [5.74, 6) is 0.804. The number of fused-ring (bicyclic) bond motifs is 1. The Labute approximate surface area is 108 Å². The summed E-state index contributed by atoms with van der Waals surface area (Å²) in [6, 6.07) is 1.89. The minimum absolute atomic E-state index is 0.0624. The van der Waals surface area contributed by atoms with Crippen molar-refractivity contribution in [3.05, 3.63) is 21.8 Å². The van der Waals surface area contributed by atoms with Crippen molar-refractivity contribution in [2.75, 3.05) is 19.5 Å². The first kappa shape index (κ1) is 12.6. The Hall–Kier alpha value is -0.850. The van der Waals surface area contributed by atoms with Gasteiger partial charge >= 0.3 is 0 Å². The average Bonchev–Trinajstić information content (AvgIpc) is 2.78. The first-order chi connectivity index (χ1) is 8.27. The largest absolute Gasteiger partial charge is 0.384 e. The lowest BCUT2D eigenvalue weighted by molar-refractivity contribution is 0.218. The SMILES string of the molecule is CCn1c(SCCOC)nc2ccsc2c1=O. The first-order valence-electron chi connectivity index (χ1n) is 5.37. The number of hydrogen-bond acceptors (Lipinski definition) is 5. The molecule has 92 valence electrons. The molecule has 0 aliphatic heterocycles. The molecule has 4 nitrogen and oxygen atoms in total. The molecule has 0 aliphatic rings. The van der Waals surface area contributed by atoms with E-state index in [-0.39, 0.29) is 5.56 Å². The predicted octanol–water partition coefficient (Wildman–Crippen LogP) is 2.22. The highest BCUT2D eigenvalue weighted by Crippen LogP contribution is 2.20. The van der Waals surface area contributed by atoms with Crippen molar-refractivity contribution in [2.24, 2.45) is 0 Å². The molecule has 0 aromatic carbocycles. The van der Waals surface area contributed by atoms with Gasteiger partial charge in [-0.3, -0.25) is 9.36 Å². The molecule has 0 N–H and O–H groups in total. The fourth-order valence-corrected chi connectivity index (χ4v) is 3.27. The molecule has 0 aliphatic carbocycles. The molecule has 0 unspecified atom stereocenters. The summed E-state index contributed by atoms with van der Waals surface area (Å²) < 4.78 is 7.47. The van der Waals surface area contributed by atoms with Gasteiger partial charge in [0.2, 0.25) is 0 Å². The van der Waals surface area contributed by atoms with Crippen molar-refractivity contribution < 1.29 is 4.74 Å². The van der Waals surface area contributed by atoms with E-state index in [1.165, 1.54) is 11.3 Å². The molecule has 0 spiro atoms. The second-order valence-electron chi connectivity index (χ2n) is 3.42. The Bertz CT molecular complexity index is 562. The van der Waals surface area contributed by atoms with E-state index < -0.39 is 0 Å². The molecule has 2 rings (SSSR count). The number of rotatable bonds is 5. The van der Waals surface area contributed by atoms with Gasteiger partial charge in [-0.05, 0) is 18.4 Å². The van der Waals surface area contributed by atoms with Crippen molar-refractivity contribution in [2.45, 2.75) is 18.6 Å². The number of ether oxygens (including phenoxy) is 1. The number of methoxy groups -OCH3 is 1. The summed E-state index contributed by atoms with van der Waals surface area (Å²) in [6.45, 7) is 3.27. The second-order valence-corrected chi connectivity index (χ2v) is 5.40. The van der Waals surface area contributed by atoms with E-state index >= 15 is 0 Å². The summed E-state index contributed by atoms with van der Waals surface area (Å²) in [6.07, 6.45) is 0. The van der Waals surface area contributed by atoms with Crippen LogP contribution in [0.15, 0.2) is 21.4 Å². The summed E-state index contributed by atoms with van der Waals surface area (Å²) in [5.41, 5.74) is 0.858. The Morgan fingerprint density at radius 2 is 2.41 bits per heavy atom. The Balaban J connectivity index is 2.42. The topological polar surface area (TPSA) is 44.1 Å². The van der Waals surface area contributed by atoms with Crippen LogP contribution in [0.25, 0.3) is 10.2 Å². The maximum absolute atomic E-state index is 12.2. The molecule has 2 heterocycles. The Morgan fingerprint density at radius 3 is 3.12 bits per heavy atom. The zero-order chi connectivity index (χ0) is 12.3. The second kappa shape index (κ2) is 5.66. The fourth-order valence-electron chi connectivity index (χ4n) is 1.53. The molecule has 17 heavy (non-hydrogen) atoms. The molecule has 6 heteroatoms. The quantitative estimate of drug-likeness (QED) is 0.475. The van der Waals surface area contributed by atoms with E-state index in [2.05, 4.69) is 4.98 Å². The first-order valence-corrected chi connectivity index (χ1v) is 7.24. The number of thiophene rings is 1. The standard InChI is InChI=1S/C11H14N2O2S2/c1-3-13-10(14)9-8(4-6-16-9)12-11(13)17-7-5-15-2/h4,6H,3,5,7H2,1-2H3. The van der Waals surface area contributed by atoms with Gasteiger partial charge in [0.05, 0.1) is 12.1 Å². The Kier molecular flexibility index (Phi) is 4.20. The third kappa shape index (κ3) is 2.53. The van der Waals surface area contributed by atoms with Gasteiger partial charge in [0.25, 0.3) is 5.56 Å². The van der Waals surface area contributed by atoms with Crippen LogP contribution >= 0.6 is 23.1 Å². The minimum Gasteiger partial charge on any atom is -0.384 e. The van der Waals surface area contributed by atoms with Crippen LogP contribution in [0.3, 0.4) is 0 Å². The monoisotopic (exact) mass is 270 g/mol. The number of aromatic nitrogens is 2. The van der Waals surface area contributed by atoms with E-state index in [0.717, 1.165) is 21.1 Å². The van der Waals surface area contributed by atoms with Crippen molar-refractivity contribution >= 4 is 33.3 Å². The van der Waals surface area contributed by atoms with Crippen molar-refractivity contribution in [3.8, 4) is 0 Å². The van der Waals surface area contributed by atoms with E-state index in [4.69, 9.17) is 4.74 Å². The third-order valence-electron chi connectivity index (χ3n) is 2.37. The Morgan fingerprint density at radius 1 is 1.59 bits per heavy atom. The summed E-state index contributed by atoms with van der Waals surface area (Å²) in [4.78, 5) is 16.7. The van der Waals surface area contributed by atoms with Crippen LogP contribution in [0.1, 0.15) is 6.92 Å². The minimum atomic E-state index is 0.0624. The van der Waals surface area contributed by atoms with Gasteiger partial charge < -0.3 is 4.74 Å². The van der Waals surface area contributed by atoms with Crippen LogP contribution < -0.4 is 5.56 Å². The maximum Gasteiger partial charge on any atom is 0.272 e. The van der Waals surface area contributed by atoms with Crippen LogP contribution in [0.4, 0.5) is 0 Å². The number of nitrogens with zero attached hydrogens (tertiary/aromatic N) is 2. The molecule has 2 aromatic heterocycles. The summed E-state index contributed by atoms with van der Waals surface area (Å²) in [5, 5.41) is 2.68. The number of thioether (sulfide) groups is 1. The van der Waals surface area contributed by atoms with E-state index in [9.17, 15) is 4.79 Å². The molecule has 0 amide bonds. The van der Waals surface area contributed by atoms with Crippen LogP contribution in [-0.4, -0.2) is 29.0 Å². The lowest BCUT2D eigenvalue weighted by atomic mass is 10.5. The van der Waals surface area contributed by atoms with Gasteiger partial charge in [0.15, 0.2) is 5.16 Å². The lowest BCUT2D eigenvalue weighted by Gasteiger charge is -2.09. The fraction of sp³-hybridized carbons (Fsp3) is 0.455. The molecule has 0 radical (unpaired) electrons. The van der Waals surface area contributed by atoms with Gasteiger partial charge in [-0.15, -0.1) is 11.3 Å². The molecule has 0 atom stereocenters. The highest BCUT2D eigenvalue weighted by molar-refractivity contribution is 7.99. The molecule has 0 bridgehead atoms. The van der Waals surface area contributed by atoms with Crippen molar-refractivity contribution in [1.29, 1.82) is 0 Å². The lowest BCUT2D eigenvalue weighted by Crippen LogP contribution is -2.21. The van der Waals surface area contributed by atoms with Crippen LogP contribution in [0.5, 0.6) is 0 Å². The number of hydrogen-bond donors (Lipinski definition) is 0. The molecule has 2 aromatic rings. The van der Waals surface area contributed by atoms with Crippen molar-refractivity contribution in [3.63, 3.8) is 0 Å². The smallest absolute Gasteiger partial charge is 0.272 e. The average molecular weight is 270 g/mol. The maximum atomic E-state index is 12.2. The molecular weight excluding hydrogens is 256 g/mol. The normalized spacial score (nSPS) is 11.2.